The fourth-order valence-corrected chi connectivity index (χ4v) is 3.38. The van der Waals surface area contributed by atoms with Crippen LogP contribution in [0.25, 0.3) is 0 Å². The van der Waals surface area contributed by atoms with Gasteiger partial charge in [0, 0.05) is 23.3 Å². The first-order valence-corrected chi connectivity index (χ1v) is 8.43. The highest BCUT2D eigenvalue weighted by Crippen LogP contribution is 2.32. The van der Waals surface area contributed by atoms with Gasteiger partial charge >= 0.3 is 0 Å². The number of amides is 1. The summed E-state index contributed by atoms with van der Waals surface area (Å²) in [7, 11) is 0. The molecule has 2 saturated carbocycles. The van der Waals surface area contributed by atoms with Crippen LogP contribution >= 0.6 is 0 Å². The van der Waals surface area contributed by atoms with Crippen LogP contribution in [0.3, 0.4) is 0 Å². The van der Waals surface area contributed by atoms with E-state index in [1.54, 1.807) is 0 Å². The molecule has 2 fully saturated rings. The standard InChI is InChI=1S/C18H26N2O/c1-2-13-6-3-4-9-17(13)19-15-7-5-8-16(12-15)20-18(21)14-10-11-14/h5,7-8,12-14,17,19H,2-4,6,9-11H2,1H3,(H,20,21). The fraction of sp³-hybridized carbons (Fsp3) is 0.611. The summed E-state index contributed by atoms with van der Waals surface area (Å²) < 4.78 is 0. The molecular weight excluding hydrogens is 260 g/mol. The molecule has 0 saturated heterocycles. The van der Waals surface area contributed by atoms with Crippen molar-refractivity contribution in [2.45, 2.75) is 57.9 Å². The largest absolute Gasteiger partial charge is 0.382 e. The summed E-state index contributed by atoms with van der Waals surface area (Å²) in [5.41, 5.74) is 2.05. The lowest BCUT2D eigenvalue weighted by atomic mass is 9.83. The smallest absolute Gasteiger partial charge is 0.227 e. The second-order valence-corrected chi connectivity index (χ2v) is 6.55. The lowest BCUT2D eigenvalue weighted by Gasteiger charge is -2.32. The topological polar surface area (TPSA) is 41.1 Å². The van der Waals surface area contributed by atoms with Crippen LogP contribution in [-0.4, -0.2) is 11.9 Å². The Balaban J connectivity index is 1.63. The number of benzene rings is 1. The molecule has 114 valence electrons. The van der Waals surface area contributed by atoms with Crippen molar-refractivity contribution in [2.75, 3.05) is 10.6 Å². The van der Waals surface area contributed by atoms with Crippen molar-refractivity contribution < 1.29 is 4.79 Å². The highest BCUT2D eigenvalue weighted by Gasteiger charge is 2.29. The highest BCUT2D eigenvalue weighted by atomic mass is 16.2. The van der Waals surface area contributed by atoms with E-state index in [1.165, 1.54) is 32.1 Å². The maximum Gasteiger partial charge on any atom is 0.227 e. The number of anilines is 2. The molecule has 3 nitrogen and oxygen atoms in total. The normalized spacial score (nSPS) is 25.4. The Morgan fingerprint density at radius 3 is 2.67 bits per heavy atom. The summed E-state index contributed by atoms with van der Waals surface area (Å²) in [5, 5.41) is 6.72. The van der Waals surface area contributed by atoms with Gasteiger partial charge in [-0.1, -0.05) is 32.3 Å². The predicted octanol–water partition coefficient (Wildman–Crippen LogP) is 4.42. The molecule has 2 atom stereocenters. The first-order chi connectivity index (χ1) is 10.3. The van der Waals surface area contributed by atoms with E-state index >= 15 is 0 Å². The van der Waals surface area contributed by atoms with E-state index in [2.05, 4.69) is 29.7 Å². The van der Waals surface area contributed by atoms with Gasteiger partial charge in [-0.25, -0.2) is 0 Å². The third-order valence-corrected chi connectivity index (χ3v) is 4.86. The van der Waals surface area contributed by atoms with Crippen molar-refractivity contribution >= 4 is 17.3 Å². The second-order valence-electron chi connectivity index (χ2n) is 6.55. The van der Waals surface area contributed by atoms with Crippen LogP contribution in [0.4, 0.5) is 11.4 Å². The quantitative estimate of drug-likeness (QED) is 0.841. The molecule has 0 aromatic heterocycles. The van der Waals surface area contributed by atoms with Gasteiger partial charge in [0.1, 0.15) is 0 Å². The molecule has 3 heteroatoms. The van der Waals surface area contributed by atoms with Crippen molar-refractivity contribution in [1.82, 2.24) is 0 Å². The minimum Gasteiger partial charge on any atom is -0.382 e. The van der Waals surface area contributed by atoms with E-state index in [1.807, 2.05) is 12.1 Å². The van der Waals surface area contributed by atoms with Gasteiger partial charge in [0.25, 0.3) is 0 Å². The molecule has 0 spiro atoms. The summed E-state index contributed by atoms with van der Waals surface area (Å²) >= 11 is 0. The van der Waals surface area contributed by atoms with Crippen LogP contribution in [0.15, 0.2) is 24.3 Å². The van der Waals surface area contributed by atoms with Crippen molar-refractivity contribution in [1.29, 1.82) is 0 Å². The molecular formula is C18H26N2O. The molecule has 1 aromatic carbocycles. The van der Waals surface area contributed by atoms with Crippen LogP contribution in [0, 0.1) is 11.8 Å². The average Bonchev–Trinajstić information content (AvgIpc) is 3.33. The number of rotatable bonds is 5. The van der Waals surface area contributed by atoms with Gasteiger partial charge in [0.15, 0.2) is 0 Å². The lowest BCUT2D eigenvalue weighted by Crippen LogP contribution is -2.31. The summed E-state index contributed by atoms with van der Waals surface area (Å²) in [6.45, 7) is 2.29. The Labute approximate surface area is 127 Å². The highest BCUT2D eigenvalue weighted by molar-refractivity contribution is 5.94. The minimum atomic E-state index is 0.177. The Morgan fingerprint density at radius 1 is 1.14 bits per heavy atom. The first-order valence-electron chi connectivity index (χ1n) is 8.43. The molecule has 0 heterocycles. The molecule has 1 amide bonds. The third kappa shape index (κ3) is 3.78. The van der Waals surface area contributed by atoms with Gasteiger partial charge in [0.05, 0.1) is 0 Å². The number of hydrogen-bond donors (Lipinski definition) is 2. The zero-order chi connectivity index (χ0) is 14.7. The van der Waals surface area contributed by atoms with Crippen molar-refractivity contribution in [3.8, 4) is 0 Å². The molecule has 3 rings (SSSR count). The molecule has 2 aliphatic carbocycles. The summed E-state index contributed by atoms with van der Waals surface area (Å²) in [6, 6.07) is 8.76. The maximum absolute atomic E-state index is 11.8. The molecule has 2 aliphatic rings. The van der Waals surface area contributed by atoms with Crippen molar-refractivity contribution in [3.05, 3.63) is 24.3 Å². The molecule has 2 N–H and O–H groups in total. The van der Waals surface area contributed by atoms with Gasteiger partial charge in [-0.3, -0.25) is 4.79 Å². The monoisotopic (exact) mass is 286 g/mol. The van der Waals surface area contributed by atoms with E-state index in [9.17, 15) is 4.79 Å². The van der Waals surface area contributed by atoms with Gasteiger partial charge in [-0.05, 0) is 49.8 Å². The average molecular weight is 286 g/mol. The Hall–Kier alpha value is -1.51. The van der Waals surface area contributed by atoms with Crippen LogP contribution < -0.4 is 10.6 Å². The van der Waals surface area contributed by atoms with E-state index in [0.717, 1.165) is 30.1 Å². The molecule has 0 aliphatic heterocycles. The Morgan fingerprint density at radius 2 is 1.90 bits per heavy atom. The lowest BCUT2D eigenvalue weighted by molar-refractivity contribution is -0.117. The molecule has 0 bridgehead atoms. The minimum absolute atomic E-state index is 0.177. The van der Waals surface area contributed by atoms with Crippen LogP contribution in [0.2, 0.25) is 0 Å². The molecule has 2 unspecified atom stereocenters. The summed E-state index contributed by atoms with van der Waals surface area (Å²) in [5.74, 6) is 1.21. The third-order valence-electron chi connectivity index (χ3n) is 4.86. The SMILES string of the molecule is CCC1CCCCC1Nc1cccc(NC(=O)C2CC2)c1. The van der Waals surface area contributed by atoms with E-state index in [-0.39, 0.29) is 11.8 Å². The van der Waals surface area contributed by atoms with Crippen LogP contribution in [0.1, 0.15) is 51.9 Å². The predicted molar refractivity (Wildman–Crippen MR) is 87.5 cm³/mol. The molecule has 0 radical (unpaired) electrons. The zero-order valence-electron chi connectivity index (χ0n) is 12.9. The first kappa shape index (κ1) is 14.4. The van der Waals surface area contributed by atoms with Crippen molar-refractivity contribution in [3.63, 3.8) is 0 Å². The van der Waals surface area contributed by atoms with E-state index < -0.39 is 0 Å². The maximum atomic E-state index is 11.8. The summed E-state index contributed by atoms with van der Waals surface area (Å²) in [4.78, 5) is 11.8. The number of carbonyl (C=O) groups is 1. The van der Waals surface area contributed by atoms with Crippen LogP contribution in [0.5, 0.6) is 0 Å². The molecule has 1 aromatic rings. The molecule has 21 heavy (non-hydrogen) atoms. The van der Waals surface area contributed by atoms with Gasteiger partial charge in [-0.15, -0.1) is 0 Å². The summed E-state index contributed by atoms with van der Waals surface area (Å²) in [6.07, 6.45) is 8.63. The van der Waals surface area contributed by atoms with Crippen LogP contribution in [-0.2, 0) is 4.79 Å². The van der Waals surface area contributed by atoms with Gasteiger partial charge < -0.3 is 10.6 Å². The number of carbonyl (C=O) groups excluding carboxylic acids is 1. The Kier molecular flexibility index (Phi) is 4.47. The van der Waals surface area contributed by atoms with Crippen molar-refractivity contribution in [2.24, 2.45) is 11.8 Å². The fourth-order valence-electron chi connectivity index (χ4n) is 3.38. The zero-order valence-corrected chi connectivity index (χ0v) is 12.9. The second kappa shape index (κ2) is 6.50. The van der Waals surface area contributed by atoms with E-state index in [0.29, 0.717) is 6.04 Å². The number of hydrogen-bond acceptors (Lipinski definition) is 2. The van der Waals surface area contributed by atoms with Gasteiger partial charge in [-0.2, -0.15) is 0 Å². The van der Waals surface area contributed by atoms with E-state index in [4.69, 9.17) is 0 Å². The Bertz CT molecular complexity index is 496. The number of nitrogens with one attached hydrogen (secondary N) is 2. The van der Waals surface area contributed by atoms with Gasteiger partial charge in [0.2, 0.25) is 5.91 Å².